The number of allylic oxidation sites excluding steroid dienone is 3. The van der Waals surface area contributed by atoms with E-state index in [-0.39, 0.29) is 11.9 Å². The number of esters is 1. The molecule has 3 aliphatic rings. The van der Waals surface area contributed by atoms with Gasteiger partial charge >= 0.3 is 5.97 Å². The molecule has 0 N–H and O–H groups in total. The molecule has 0 saturated heterocycles. The molecule has 38 heavy (non-hydrogen) atoms. The fraction of sp³-hybridized carbons (Fsp3) is 0.206. The highest BCUT2D eigenvalue weighted by Crippen LogP contribution is 2.62. The summed E-state index contributed by atoms with van der Waals surface area (Å²) < 4.78 is 8.56. The first-order chi connectivity index (χ1) is 18.5. The number of aromatic nitrogens is 1. The van der Waals surface area contributed by atoms with Crippen molar-refractivity contribution < 1.29 is 9.53 Å². The third-order valence-corrected chi connectivity index (χ3v) is 8.97. The minimum absolute atomic E-state index is 0.0760. The van der Waals surface area contributed by atoms with E-state index in [0.717, 1.165) is 40.0 Å². The lowest BCUT2D eigenvalue weighted by atomic mass is 9.56. The number of carbonyl (C=O) groups excluding carboxylic acids is 1. The second-order valence-electron chi connectivity index (χ2n) is 10.6. The van der Waals surface area contributed by atoms with Crippen LogP contribution in [-0.4, -0.2) is 21.0 Å². The van der Waals surface area contributed by atoms with Crippen molar-refractivity contribution in [2.45, 2.75) is 44.2 Å². The highest BCUT2D eigenvalue weighted by molar-refractivity contribution is 6.03. The monoisotopic (exact) mass is 498 g/mol. The van der Waals surface area contributed by atoms with Crippen LogP contribution >= 0.6 is 0 Å². The van der Waals surface area contributed by atoms with Crippen LogP contribution in [0.2, 0.25) is 0 Å². The molecule has 4 aromatic rings. The summed E-state index contributed by atoms with van der Waals surface area (Å²) in [5, 5.41) is 1.10. The average Bonchev–Trinajstić information content (AvgIpc) is 3.54. The van der Waals surface area contributed by atoms with Crippen LogP contribution in [0.15, 0.2) is 115 Å². The zero-order valence-electron chi connectivity index (χ0n) is 21.9. The highest BCUT2D eigenvalue weighted by Gasteiger charge is 2.69. The van der Waals surface area contributed by atoms with E-state index in [9.17, 15) is 4.79 Å². The summed E-state index contributed by atoms with van der Waals surface area (Å²) in [6.07, 6.45) is 10.7. The van der Waals surface area contributed by atoms with E-state index >= 15 is 0 Å². The number of benzene rings is 3. The molecule has 1 aromatic heterocycles. The van der Waals surface area contributed by atoms with Crippen LogP contribution in [-0.2, 0) is 16.8 Å². The van der Waals surface area contributed by atoms with Crippen molar-refractivity contribution >= 4 is 16.9 Å². The predicted molar refractivity (Wildman–Crippen MR) is 151 cm³/mol. The Morgan fingerprint density at radius 3 is 2.47 bits per heavy atom. The molecule has 4 heterocycles. The number of para-hydroxylation sites is 2. The second kappa shape index (κ2) is 8.09. The third kappa shape index (κ3) is 2.67. The van der Waals surface area contributed by atoms with Gasteiger partial charge in [-0.2, -0.15) is 0 Å². The maximum atomic E-state index is 14.8. The molecule has 4 nitrogen and oxygen atoms in total. The van der Waals surface area contributed by atoms with Crippen molar-refractivity contribution in [2.24, 2.45) is 0 Å². The Bertz CT molecular complexity index is 1690. The van der Waals surface area contributed by atoms with E-state index in [1.54, 1.807) is 0 Å². The van der Waals surface area contributed by atoms with Gasteiger partial charge in [0.05, 0.1) is 5.54 Å². The number of hydrogen-bond acceptors (Lipinski definition) is 3. The number of carbonyl (C=O) groups is 1. The maximum absolute atomic E-state index is 14.8. The summed E-state index contributed by atoms with van der Waals surface area (Å²) in [6.45, 7) is 7.38. The lowest BCUT2D eigenvalue weighted by Gasteiger charge is -2.51. The van der Waals surface area contributed by atoms with Crippen LogP contribution < -0.4 is 4.74 Å². The Balaban J connectivity index is 1.66. The summed E-state index contributed by atoms with van der Waals surface area (Å²) in [7, 11) is 0. The molecule has 0 fully saturated rings. The van der Waals surface area contributed by atoms with Crippen molar-refractivity contribution in [1.29, 1.82) is 0 Å². The summed E-state index contributed by atoms with van der Waals surface area (Å²) in [5.41, 5.74) is 4.63. The molecular formula is C34H30N2O2. The molecule has 188 valence electrons. The molecule has 0 aliphatic carbocycles. The zero-order valence-corrected chi connectivity index (χ0v) is 21.9. The van der Waals surface area contributed by atoms with E-state index in [0.29, 0.717) is 5.75 Å². The van der Waals surface area contributed by atoms with Crippen LogP contribution in [0.5, 0.6) is 5.75 Å². The quantitative estimate of drug-likeness (QED) is 0.224. The topological polar surface area (TPSA) is 34.5 Å². The average molecular weight is 499 g/mol. The fourth-order valence-corrected chi connectivity index (χ4v) is 7.43. The van der Waals surface area contributed by atoms with Crippen molar-refractivity contribution in [1.82, 2.24) is 9.47 Å². The van der Waals surface area contributed by atoms with Crippen LogP contribution in [0.1, 0.15) is 42.1 Å². The first kappa shape index (κ1) is 22.9. The number of nitrogens with zero attached hydrogens (tertiary/aromatic N) is 2. The van der Waals surface area contributed by atoms with Gasteiger partial charge in [0, 0.05) is 52.1 Å². The first-order valence-corrected chi connectivity index (χ1v) is 13.3. The van der Waals surface area contributed by atoms with Crippen LogP contribution in [0.25, 0.3) is 10.9 Å². The molecule has 3 aliphatic heterocycles. The number of ether oxygens (including phenoxy) is 1. The molecule has 4 heteroatoms. The van der Waals surface area contributed by atoms with Crippen LogP contribution in [0.4, 0.5) is 0 Å². The molecular weight excluding hydrogens is 468 g/mol. The van der Waals surface area contributed by atoms with Gasteiger partial charge in [-0.05, 0) is 50.6 Å². The van der Waals surface area contributed by atoms with E-state index in [4.69, 9.17) is 4.74 Å². The molecule has 3 atom stereocenters. The lowest BCUT2D eigenvalue weighted by molar-refractivity contribution is -0.141. The van der Waals surface area contributed by atoms with E-state index in [2.05, 4.69) is 115 Å². The van der Waals surface area contributed by atoms with Gasteiger partial charge in [-0.25, -0.2) is 0 Å². The standard InChI is InChI=1S/C34H30N2O2/c1-4-35-23(2)31(26-17-8-10-19-29(26)35)34(27-18-9-11-20-30(27)38-32(34)37)33(3)28(24-14-6-5-7-15-24)22-25-16-12-13-21-36(25)33/h5-22,28H,4H2,1-3H3. The van der Waals surface area contributed by atoms with Crippen molar-refractivity contribution in [3.63, 3.8) is 0 Å². The van der Waals surface area contributed by atoms with Gasteiger partial charge in [-0.1, -0.05) is 78.9 Å². The molecule has 0 bridgehead atoms. The van der Waals surface area contributed by atoms with E-state index in [1.165, 1.54) is 5.56 Å². The summed E-state index contributed by atoms with van der Waals surface area (Å²) >= 11 is 0. The maximum Gasteiger partial charge on any atom is 0.329 e. The summed E-state index contributed by atoms with van der Waals surface area (Å²) in [5.74, 6) is 0.345. The van der Waals surface area contributed by atoms with Crippen LogP contribution in [0.3, 0.4) is 0 Å². The number of hydrogen-bond donors (Lipinski definition) is 0. The number of aryl methyl sites for hydroxylation is 1. The number of fused-ring (bicyclic) bond motifs is 3. The van der Waals surface area contributed by atoms with Gasteiger partial charge in [0.15, 0.2) is 0 Å². The Morgan fingerprint density at radius 2 is 1.66 bits per heavy atom. The van der Waals surface area contributed by atoms with Crippen molar-refractivity contribution in [2.75, 3.05) is 0 Å². The van der Waals surface area contributed by atoms with Gasteiger partial charge in [0.1, 0.15) is 11.2 Å². The van der Waals surface area contributed by atoms with Gasteiger partial charge in [-0.15, -0.1) is 0 Å². The molecule has 0 amide bonds. The third-order valence-electron chi connectivity index (χ3n) is 8.97. The van der Waals surface area contributed by atoms with Crippen LogP contribution in [0, 0.1) is 6.92 Å². The zero-order chi connectivity index (χ0) is 26.1. The van der Waals surface area contributed by atoms with Crippen molar-refractivity contribution in [3.8, 4) is 5.75 Å². The Labute approximate surface area is 223 Å². The second-order valence-corrected chi connectivity index (χ2v) is 10.6. The molecule has 0 saturated carbocycles. The minimum Gasteiger partial charge on any atom is -0.425 e. The van der Waals surface area contributed by atoms with Gasteiger partial charge in [-0.3, -0.25) is 4.79 Å². The molecule has 3 unspecified atom stereocenters. The van der Waals surface area contributed by atoms with E-state index in [1.807, 2.05) is 24.3 Å². The number of rotatable bonds is 4. The first-order valence-electron chi connectivity index (χ1n) is 13.3. The van der Waals surface area contributed by atoms with Gasteiger partial charge in [0.2, 0.25) is 0 Å². The van der Waals surface area contributed by atoms with Gasteiger partial charge in [0.25, 0.3) is 0 Å². The van der Waals surface area contributed by atoms with E-state index < -0.39 is 11.0 Å². The van der Waals surface area contributed by atoms with Gasteiger partial charge < -0.3 is 14.2 Å². The Morgan fingerprint density at radius 1 is 0.921 bits per heavy atom. The molecule has 3 aromatic carbocycles. The molecule has 7 rings (SSSR count). The fourth-order valence-electron chi connectivity index (χ4n) is 7.43. The molecule has 0 spiro atoms. The minimum atomic E-state index is -1.10. The Hall–Kier alpha value is -4.31. The highest BCUT2D eigenvalue weighted by atomic mass is 16.5. The SMILES string of the molecule is CCn1c(C)c(C2(C3(C)C(c4ccccc4)C=C4C=CC=CN43)C(=O)Oc3ccccc32)c2ccccc21. The lowest BCUT2D eigenvalue weighted by Crippen LogP contribution is -2.62. The Kier molecular flexibility index (Phi) is 4.87. The predicted octanol–water partition coefficient (Wildman–Crippen LogP) is 7.00. The summed E-state index contributed by atoms with van der Waals surface area (Å²) in [6, 6.07) is 27.0. The largest absolute Gasteiger partial charge is 0.425 e. The summed E-state index contributed by atoms with van der Waals surface area (Å²) in [4.78, 5) is 17.1. The smallest absolute Gasteiger partial charge is 0.329 e. The van der Waals surface area contributed by atoms with Crippen molar-refractivity contribution in [3.05, 3.63) is 137 Å². The molecule has 0 radical (unpaired) electrons. The normalized spacial score (nSPS) is 25.4.